The summed E-state index contributed by atoms with van der Waals surface area (Å²) in [5.74, 6) is -6.16. The first-order valence-corrected chi connectivity index (χ1v) is 45.5. The number of benzene rings is 6. The SMILES string of the molecule is COc1cc(-c2ccc(C3CCc4ccc([C@H](C5CC5)[C@H](C)C(=O)O)c(F)c4O3)cc2CN2CCCC2)c(F)cn1.COc1cc(-c2ccc([C@@H]3CCc4ccc([C@H](C5CC5)[C@H](C)C(=O)O)c(F)c4O3)cc2CN2CCCC2)c(F)cn1.COc1cc(-c2ccc([C@H]3CCc4ccc([C@H](C5CC5)[C@H](C)C(=O)O)c(F)c4O3)cc2CN2CCCC2)c(F)cn1.CSF. The van der Waals surface area contributed by atoms with Crippen LogP contribution in [0, 0.1) is 70.4 Å². The van der Waals surface area contributed by atoms with Crippen LogP contribution < -0.4 is 28.4 Å². The van der Waals surface area contributed by atoms with Gasteiger partial charge in [-0.2, -0.15) is 3.89 Å². The average Bonchev–Trinajstić information content (AvgIpc) is 1.70. The van der Waals surface area contributed by atoms with Crippen molar-refractivity contribution in [1.82, 2.24) is 29.7 Å². The Kier molecular flexibility index (Phi) is 29.0. The minimum Gasteiger partial charge on any atom is -0.482 e. The van der Waals surface area contributed by atoms with Gasteiger partial charge in [0.15, 0.2) is 34.7 Å². The fourth-order valence-corrected chi connectivity index (χ4v) is 19.7. The van der Waals surface area contributed by atoms with Gasteiger partial charge in [0, 0.05) is 90.7 Å². The summed E-state index contributed by atoms with van der Waals surface area (Å²) in [7, 11) is 4.53. The molecule has 18 nitrogen and oxygen atoms in total. The van der Waals surface area contributed by atoms with Gasteiger partial charge in [-0.25, -0.2) is 41.3 Å². The number of carbonyl (C=O) groups is 3. The molecule has 6 fully saturated rings. The first-order valence-electron chi connectivity index (χ1n) is 44.3. The smallest absolute Gasteiger partial charge is 0.306 e. The highest BCUT2D eigenvalue weighted by molar-refractivity contribution is 7.93. The fraction of sp³-hybridized carbons (Fsp3) is 0.460. The van der Waals surface area contributed by atoms with Crippen molar-refractivity contribution in [2.24, 2.45) is 35.5 Å². The Morgan fingerprint density at radius 3 is 0.881 bits per heavy atom. The molecule has 126 heavy (non-hydrogen) atoms. The number of aliphatic carboxylic acids is 3. The summed E-state index contributed by atoms with van der Waals surface area (Å²) in [5.41, 5.74) is 13.0. The Morgan fingerprint density at radius 1 is 0.397 bits per heavy atom. The quantitative estimate of drug-likeness (QED) is 0.0408. The second-order valence-electron chi connectivity index (χ2n) is 35.3. The van der Waals surface area contributed by atoms with Gasteiger partial charge in [-0.15, -0.1) is 0 Å². The van der Waals surface area contributed by atoms with E-state index in [0.717, 1.165) is 183 Å². The molecule has 3 aromatic heterocycles. The maximum Gasteiger partial charge on any atom is 0.306 e. The number of methoxy groups -OCH3 is 3. The van der Waals surface area contributed by atoms with Gasteiger partial charge >= 0.3 is 17.9 Å². The zero-order valence-electron chi connectivity index (χ0n) is 72.4. The number of nitrogens with zero attached hydrogens (tertiary/aromatic N) is 6. The number of ether oxygens (including phenoxy) is 6. The molecule has 0 amide bonds. The van der Waals surface area contributed by atoms with Gasteiger partial charge in [0.05, 0.1) is 57.7 Å². The molecule has 6 aromatic carbocycles. The van der Waals surface area contributed by atoms with Crippen molar-refractivity contribution in [3.8, 4) is 68.3 Å². The number of likely N-dealkylation sites (tertiary alicyclic amines) is 3. The molecule has 3 aliphatic carbocycles. The zero-order valence-corrected chi connectivity index (χ0v) is 73.2. The number of carboxylic acid groups (broad SMARTS) is 3. The van der Waals surface area contributed by atoms with E-state index in [-0.39, 0.29) is 83.2 Å². The lowest BCUT2D eigenvalue weighted by molar-refractivity contribution is -0.143. The summed E-state index contributed by atoms with van der Waals surface area (Å²) < 4.78 is 138. The number of carboxylic acids is 3. The number of pyridine rings is 3. The van der Waals surface area contributed by atoms with Crippen molar-refractivity contribution in [3.63, 3.8) is 0 Å². The fourth-order valence-electron chi connectivity index (χ4n) is 19.7. The molecule has 668 valence electrons. The van der Waals surface area contributed by atoms with Crippen LogP contribution in [0.1, 0.15) is 220 Å². The molecule has 26 heteroatoms. The average molecular weight is 1750 g/mol. The second kappa shape index (κ2) is 40.4. The summed E-state index contributed by atoms with van der Waals surface area (Å²) >= 11 is 0.250. The molecule has 1 unspecified atom stereocenters. The normalized spacial score (nSPS) is 19.9. The van der Waals surface area contributed by atoms with E-state index in [2.05, 4.69) is 47.9 Å². The molecule has 6 aliphatic heterocycles. The van der Waals surface area contributed by atoms with Crippen molar-refractivity contribution >= 4 is 30.1 Å². The predicted molar refractivity (Wildman–Crippen MR) is 468 cm³/mol. The highest BCUT2D eigenvalue weighted by Crippen LogP contribution is 2.54. The van der Waals surface area contributed by atoms with Crippen molar-refractivity contribution in [3.05, 3.63) is 229 Å². The molecular formula is C100H111F7N6O12S. The van der Waals surface area contributed by atoms with Crippen LogP contribution >= 0.6 is 12.1 Å². The third kappa shape index (κ3) is 20.5. The molecular weight excluding hydrogens is 1640 g/mol. The van der Waals surface area contributed by atoms with Gasteiger partial charge < -0.3 is 43.7 Å². The van der Waals surface area contributed by atoms with Crippen LogP contribution in [0.25, 0.3) is 33.4 Å². The van der Waals surface area contributed by atoms with Gasteiger partial charge in [0.2, 0.25) is 17.6 Å². The van der Waals surface area contributed by atoms with Crippen molar-refractivity contribution in [2.75, 3.05) is 66.9 Å². The number of rotatable bonds is 27. The summed E-state index contributed by atoms with van der Waals surface area (Å²) in [5, 5.41) is 29.1. The molecule has 9 aromatic rings. The van der Waals surface area contributed by atoms with Crippen LogP contribution in [0.5, 0.6) is 34.9 Å². The summed E-state index contributed by atoms with van der Waals surface area (Å²) in [6.45, 7) is 13.0. The van der Waals surface area contributed by atoms with E-state index in [1.165, 1.54) is 46.2 Å². The van der Waals surface area contributed by atoms with Gasteiger partial charge in [-0.3, -0.25) is 29.1 Å². The molecule has 0 bridgehead atoms. The molecule has 3 N–H and O–H groups in total. The summed E-state index contributed by atoms with van der Waals surface area (Å²) in [6, 6.07) is 33.6. The number of hydrogen-bond acceptors (Lipinski definition) is 16. The van der Waals surface area contributed by atoms with Crippen molar-refractivity contribution in [1.29, 1.82) is 0 Å². The molecule has 3 saturated heterocycles. The van der Waals surface area contributed by atoms with Gasteiger partial charge in [0.1, 0.15) is 35.8 Å². The minimum atomic E-state index is -0.910. The topological polar surface area (TPSA) is 216 Å². The van der Waals surface area contributed by atoms with E-state index in [4.69, 9.17) is 28.4 Å². The maximum absolute atomic E-state index is 16.1. The molecule has 9 atom stereocenters. The molecule has 9 aliphatic rings. The number of fused-ring (bicyclic) bond motifs is 3. The molecule has 18 rings (SSSR count). The van der Waals surface area contributed by atoms with Crippen molar-refractivity contribution < 1.29 is 88.4 Å². The van der Waals surface area contributed by atoms with E-state index in [0.29, 0.717) is 109 Å². The first-order chi connectivity index (χ1) is 60.9. The van der Waals surface area contributed by atoms with Gasteiger partial charge in [0.25, 0.3) is 0 Å². The van der Waals surface area contributed by atoms with Crippen LogP contribution in [0.15, 0.2) is 128 Å². The van der Waals surface area contributed by atoms with E-state index in [9.17, 15) is 46.8 Å². The van der Waals surface area contributed by atoms with E-state index in [1.807, 2.05) is 54.6 Å². The van der Waals surface area contributed by atoms with Crippen molar-refractivity contribution in [2.45, 2.75) is 192 Å². The Balaban J connectivity index is 0.000000143. The standard InChI is InChI=1S/3C33H36F2N2O4.CH3FS/c3*1-19(33(38)39)30(20-5-6-20)25-11-7-21-9-12-28(41-32(21)31(25)35)22-8-10-24(23(15-22)18-37-13-3-4-14-37)26-16-29(40-2)36-17-27(26)34;1-3-2/h3*7-8,10-11,15-17,19-20,28,30H,3-6,9,12-14,18H2,1-2H3,(H,38,39);1H3/t19-,28?,30-;19-,28+,30-;19-,28-,30-;/m000./s1. The van der Waals surface area contributed by atoms with Crippen LogP contribution in [0.3, 0.4) is 0 Å². The second-order valence-corrected chi connectivity index (χ2v) is 35.6. The summed E-state index contributed by atoms with van der Waals surface area (Å²) in [6.07, 6.45) is 20.1. The number of hydrogen-bond donors (Lipinski definition) is 3. The monoisotopic (exact) mass is 1750 g/mol. The third-order valence-corrected chi connectivity index (χ3v) is 27.0. The molecule has 3 saturated carbocycles. The molecule has 0 radical (unpaired) electrons. The number of aryl methyl sites for hydroxylation is 3. The summed E-state index contributed by atoms with van der Waals surface area (Å²) in [4.78, 5) is 54.6. The van der Waals surface area contributed by atoms with Crippen LogP contribution in [0.4, 0.5) is 30.2 Å². The Bertz CT molecular complexity index is 4910. The van der Waals surface area contributed by atoms with E-state index >= 15 is 13.2 Å². The Hall–Kier alpha value is -10.3. The maximum atomic E-state index is 16.1. The largest absolute Gasteiger partial charge is 0.482 e. The highest BCUT2D eigenvalue weighted by atomic mass is 32.2. The van der Waals surface area contributed by atoms with E-state index in [1.54, 1.807) is 57.2 Å². The van der Waals surface area contributed by atoms with Crippen LogP contribution in [0.2, 0.25) is 0 Å². The predicted octanol–water partition coefficient (Wildman–Crippen LogP) is 22.0. The minimum absolute atomic E-state index is 0.181. The van der Waals surface area contributed by atoms with Crippen LogP contribution in [-0.4, -0.2) is 130 Å². The van der Waals surface area contributed by atoms with Gasteiger partial charge in [-0.1, -0.05) is 112 Å². The first kappa shape index (κ1) is 90.5. The number of halogens is 7. The zero-order chi connectivity index (χ0) is 88.7. The molecule has 9 heterocycles. The van der Waals surface area contributed by atoms with Crippen LogP contribution in [-0.2, 0) is 53.3 Å². The lowest BCUT2D eigenvalue weighted by Crippen LogP contribution is -2.23. The Labute approximate surface area is 736 Å². The molecule has 0 spiro atoms. The Morgan fingerprint density at radius 2 is 0.651 bits per heavy atom. The lowest BCUT2D eigenvalue weighted by Gasteiger charge is -2.30. The highest BCUT2D eigenvalue weighted by Gasteiger charge is 2.45. The lowest BCUT2D eigenvalue weighted by atomic mass is 9.82. The third-order valence-electron chi connectivity index (χ3n) is 27.0. The number of aromatic nitrogens is 3. The van der Waals surface area contributed by atoms with Gasteiger partial charge in [-0.05, 0) is 256 Å². The van der Waals surface area contributed by atoms with E-state index < -0.39 is 70.6 Å².